The minimum absolute atomic E-state index is 0.0953. The van der Waals surface area contributed by atoms with Crippen LogP contribution in [0.2, 0.25) is 5.04 Å². The summed E-state index contributed by atoms with van der Waals surface area (Å²) in [6.45, 7) is 14.4. The first-order valence-corrected chi connectivity index (χ1v) is 19.3. The van der Waals surface area contributed by atoms with Crippen LogP contribution in [0.4, 0.5) is 0 Å². The maximum Gasteiger partial charge on any atom is 0.302 e. The summed E-state index contributed by atoms with van der Waals surface area (Å²) >= 11 is 0. The number of allylic oxidation sites excluding steroid dienone is 1. The molecule has 0 bridgehead atoms. The molecule has 4 aliphatic rings. The van der Waals surface area contributed by atoms with Gasteiger partial charge in [0.15, 0.2) is 15.5 Å². The maximum atomic E-state index is 12.4. The first kappa shape index (κ1) is 33.9. The van der Waals surface area contributed by atoms with Gasteiger partial charge in [0.2, 0.25) is 0 Å². The van der Waals surface area contributed by atoms with Crippen LogP contribution in [0.3, 0.4) is 0 Å². The van der Waals surface area contributed by atoms with Crippen LogP contribution in [0.25, 0.3) is 0 Å². The van der Waals surface area contributed by atoms with Gasteiger partial charge < -0.3 is 9.16 Å². The van der Waals surface area contributed by atoms with Crippen LogP contribution < -0.4 is 0 Å². The molecule has 0 aromatic rings. The Morgan fingerprint density at radius 2 is 1.67 bits per heavy atom. The molecular weight excluding hydrogens is 536 g/mol. The van der Waals surface area contributed by atoms with Crippen molar-refractivity contribution in [3.05, 3.63) is 11.6 Å². The Hall–Kier alpha value is -0.943. The summed E-state index contributed by atoms with van der Waals surface area (Å²) in [4.78, 5) is 24.3. The fraction of sp³-hybridized carbons (Fsp3) is 0.892. The maximum absolute atomic E-state index is 12.4. The zero-order chi connectivity index (χ0) is 30.3. The Labute approximate surface area is 260 Å². The molecule has 0 aromatic heterocycles. The largest absolute Gasteiger partial charge is 0.462 e. The quantitative estimate of drug-likeness (QED) is 0.101. The van der Waals surface area contributed by atoms with Crippen LogP contribution in [-0.4, -0.2) is 34.2 Å². The molecule has 0 aliphatic heterocycles. The second-order valence-electron chi connectivity index (χ2n) is 16.0. The third-order valence-corrected chi connectivity index (χ3v) is 14.6. The molecule has 42 heavy (non-hydrogen) atoms. The van der Waals surface area contributed by atoms with E-state index in [0.29, 0.717) is 34.5 Å². The lowest BCUT2D eigenvalue weighted by Crippen LogP contribution is -2.51. The van der Waals surface area contributed by atoms with Gasteiger partial charge in [0.05, 0.1) is 0 Å². The molecule has 0 radical (unpaired) electrons. The minimum Gasteiger partial charge on any atom is -0.462 e. The van der Waals surface area contributed by atoms with Crippen molar-refractivity contribution in [2.24, 2.45) is 40.9 Å². The molecule has 5 heteroatoms. The summed E-state index contributed by atoms with van der Waals surface area (Å²) in [7, 11) is -0.436. The molecule has 3 saturated carbocycles. The average molecular weight is 601 g/mol. The van der Waals surface area contributed by atoms with E-state index in [2.05, 4.69) is 40.7 Å². The standard InChI is InChI=1S/C37H64O4Si/c1-26(2)36(4,5)42-40-23-15-13-11-9-7-8-10-12-14-16-28-24-29-25-30(39)17-18-31(29)32-21-22-37(6)33(35(28)32)19-20-34(37)41-27(3)38/h25-26,28,31-35H,7-24,42H2,1-6H3/t28-,31+,32-,33+,34+,35-,37+/m1/s1. The van der Waals surface area contributed by atoms with E-state index in [1.807, 2.05) is 0 Å². The topological polar surface area (TPSA) is 52.6 Å². The van der Waals surface area contributed by atoms with E-state index in [1.54, 1.807) is 6.92 Å². The highest BCUT2D eigenvalue weighted by Crippen LogP contribution is 2.64. The smallest absolute Gasteiger partial charge is 0.302 e. The zero-order valence-electron chi connectivity index (χ0n) is 28.2. The lowest BCUT2D eigenvalue weighted by molar-refractivity contribution is -0.157. The van der Waals surface area contributed by atoms with Crippen LogP contribution in [0.5, 0.6) is 0 Å². The van der Waals surface area contributed by atoms with Gasteiger partial charge in [-0.1, -0.05) is 91.6 Å². The van der Waals surface area contributed by atoms with Gasteiger partial charge in [0, 0.05) is 25.4 Å². The number of hydrogen-bond acceptors (Lipinski definition) is 4. The first-order chi connectivity index (χ1) is 20.0. The number of esters is 1. The Balaban J connectivity index is 1.18. The van der Waals surface area contributed by atoms with Crippen molar-refractivity contribution in [2.75, 3.05) is 6.61 Å². The molecule has 0 N–H and O–H groups in total. The van der Waals surface area contributed by atoms with Gasteiger partial charge in [0.25, 0.3) is 0 Å². The van der Waals surface area contributed by atoms with E-state index in [-0.39, 0.29) is 17.5 Å². The molecule has 7 atom stereocenters. The van der Waals surface area contributed by atoms with Gasteiger partial charge in [-0.15, -0.1) is 0 Å². The van der Waals surface area contributed by atoms with Crippen molar-refractivity contribution < 1.29 is 18.8 Å². The monoisotopic (exact) mass is 600 g/mol. The summed E-state index contributed by atoms with van der Waals surface area (Å²) in [6.07, 6.45) is 23.1. The number of hydrogen-bond donors (Lipinski definition) is 0. The average Bonchev–Trinajstić information content (AvgIpc) is 3.25. The SMILES string of the molecule is CC(=O)O[C@H]1CC[C@H]2[C@@H]3[C@H](CCCCCCCCCCCO[SiH2]C(C)(C)C(C)C)CC4=CC(=O)CC[C@@H]4[C@H]3CC[C@]12C. The number of rotatable bonds is 16. The van der Waals surface area contributed by atoms with E-state index >= 15 is 0 Å². The van der Waals surface area contributed by atoms with E-state index < -0.39 is 9.76 Å². The molecule has 0 amide bonds. The van der Waals surface area contributed by atoms with Crippen molar-refractivity contribution in [3.8, 4) is 0 Å². The molecule has 0 saturated heterocycles. The van der Waals surface area contributed by atoms with Crippen LogP contribution in [-0.2, 0) is 18.8 Å². The van der Waals surface area contributed by atoms with Crippen LogP contribution in [0, 0.1) is 40.9 Å². The summed E-state index contributed by atoms with van der Waals surface area (Å²) < 4.78 is 12.0. The van der Waals surface area contributed by atoms with Crippen LogP contribution in [0.1, 0.15) is 151 Å². The Morgan fingerprint density at radius 1 is 1.00 bits per heavy atom. The van der Waals surface area contributed by atoms with E-state index in [1.165, 1.54) is 89.0 Å². The third-order valence-electron chi connectivity index (χ3n) is 12.6. The van der Waals surface area contributed by atoms with Crippen molar-refractivity contribution in [2.45, 2.75) is 162 Å². The Morgan fingerprint density at radius 3 is 2.33 bits per heavy atom. The molecule has 4 nitrogen and oxygen atoms in total. The van der Waals surface area contributed by atoms with Crippen LogP contribution in [0.15, 0.2) is 11.6 Å². The number of ether oxygens (including phenoxy) is 1. The zero-order valence-corrected chi connectivity index (χ0v) is 29.6. The van der Waals surface area contributed by atoms with Crippen molar-refractivity contribution in [1.29, 1.82) is 0 Å². The molecule has 0 spiro atoms. The molecule has 4 rings (SSSR count). The van der Waals surface area contributed by atoms with Crippen molar-refractivity contribution >= 4 is 21.5 Å². The predicted octanol–water partition coefficient (Wildman–Crippen LogP) is 9.14. The van der Waals surface area contributed by atoms with Gasteiger partial charge in [-0.2, -0.15) is 0 Å². The van der Waals surface area contributed by atoms with Gasteiger partial charge in [-0.3, -0.25) is 9.59 Å². The Bertz CT molecular complexity index is 925. The molecule has 0 unspecified atom stereocenters. The van der Waals surface area contributed by atoms with Gasteiger partial charge in [-0.25, -0.2) is 0 Å². The number of carbonyl (C=O) groups is 2. The molecule has 0 heterocycles. The number of unbranched alkanes of at least 4 members (excludes halogenated alkanes) is 8. The number of fused-ring (bicyclic) bond motifs is 5. The minimum atomic E-state index is -0.436. The van der Waals surface area contributed by atoms with Gasteiger partial charge in [-0.05, 0) is 98.0 Å². The van der Waals surface area contributed by atoms with E-state index in [9.17, 15) is 9.59 Å². The molecular formula is C37H64O4Si. The second-order valence-corrected chi connectivity index (χ2v) is 18.5. The Kier molecular flexibility index (Phi) is 12.4. The molecule has 240 valence electrons. The summed E-state index contributed by atoms with van der Waals surface area (Å²) in [5.74, 6) is 4.42. The van der Waals surface area contributed by atoms with Gasteiger partial charge >= 0.3 is 5.97 Å². The molecule has 3 fully saturated rings. The number of ketones is 1. The van der Waals surface area contributed by atoms with Crippen molar-refractivity contribution in [1.82, 2.24) is 0 Å². The summed E-state index contributed by atoms with van der Waals surface area (Å²) in [5.41, 5.74) is 1.63. The fourth-order valence-electron chi connectivity index (χ4n) is 9.37. The third kappa shape index (κ3) is 8.40. The highest BCUT2D eigenvalue weighted by atomic mass is 28.2. The highest BCUT2D eigenvalue weighted by molar-refractivity contribution is 6.32. The summed E-state index contributed by atoms with van der Waals surface area (Å²) in [5, 5.41) is 0.412. The van der Waals surface area contributed by atoms with Crippen LogP contribution >= 0.6 is 0 Å². The lowest BCUT2D eigenvalue weighted by Gasteiger charge is -2.56. The molecule has 4 aliphatic carbocycles. The predicted molar refractivity (Wildman–Crippen MR) is 176 cm³/mol. The lowest BCUT2D eigenvalue weighted by atomic mass is 9.49. The normalized spacial score (nSPS) is 33.0. The number of carbonyl (C=O) groups excluding carboxylic acids is 2. The highest BCUT2D eigenvalue weighted by Gasteiger charge is 2.59. The molecule has 0 aromatic carbocycles. The van der Waals surface area contributed by atoms with E-state index in [4.69, 9.17) is 9.16 Å². The van der Waals surface area contributed by atoms with E-state index in [0.717, 1.165) is 44.1 Å². The summed E-state index contributed by atoms with van der Waals surface area (Å²) in [6, 6.07) is 0. The second kappa shape index (κ2) is 15.4. The van der Waals surface area contributed by atoms with Crippen molar-refractivity contribution in [3.63, 3.8) is 0 Å². The van der Waals surface area contributed by atoms with Gasteiger partial charge in [0.1, 0.15) is 6.10 Å². The first-order valence-electron chi connectivity index (χ1n) is 18.0. The fourth-order valence-corrected chi connectivity index (χ4v) is 10.6.